The van der Waals surface area contributed by atoms with Gasteiger partial charge in [-0.1, -0.05) is 0 Å². The Morgan fingerprint density at radius 1 is 1.38 bits per heavy atom. The summed E-state index contributed by atoms with van der Waals surface area (Å²) in [6.07, 6.45) is 1.04. The van der Waals surface area contributed by atoms with E-state index in [4.69, 9.17) is 10.5 Å². The molecule has 0 fully saturated rings. The number of likely N-dealkylation sites (N-methyl/N-ethyl adjacent to an activating group) is 1. The van der Waals surface area contributed by atoms with Crippen molar-refractivity contribution in [2.45, 2.75) is 13.0 Å². The predicted molar refractivity (Wildman–Crippen MR) is 86.7 cm³/mol. The standard InChI is InChI=1S/C15H25N5O/c1-17-7-10-21-12-5-6-13-14(11-12)20(15(16)18-13)9-4-8-19(2)3/h5-6,11,17H,4,7-10H2,1-3H3,(H2,16,18). The molecule has 0 amide bonds. The number of aromatic nitrogens is 2. The molecule has 3 N–H and O–H groups in total. The summed E-state index contributed by atoms with van der Waals surface area (Å²) in [7, 11) is 6.05. The van der Waals surface area contributed by atoms with Gasteiger partial charge in [-0.3, -0.25) is 0 Å². The lowest BCUT2D eigenvalue weighted by molar-refractivity contribution is 0.318. The molecule has 0 aliphatic heterocycles. The molecule has 0 atom stereocenters. The Morgan fingerprint density at radius 3 is 2.90 bits per heavy atom. The smallest absolute Gasteiger partial charge is 0.201 e. The molecule has 0 aliphatic rings. The van der Waals surface area contributed by atoms with E-state index in [-0.39, 0.29) is 0 Å². The first-order valence-electron chi connectivity index (χ1n) is 7.29. The summed E-state index contributed by atoms with van der Waals surface area (Å²) < 4.78 is 7.77. The monoisotopic (exact) mass is 291 g/mol. The predicted octanol–water partition coefficient (Wildman–Crippen LogP) is 1.17. The number of hydrogen-bond donors (Lipinski definition) is 2. The van der Waals surface area contributed by atoms with Crippen LogP contribution in [0.5, 0.6) is 5.75 Å². The fraction of sp³-hybridized carbons (Fsp3) is 0.533. The third kappa shape index (κ3) is 4.09. The van der Waals surface area contributed by atoms with Crippen LogP contribution in [0.1, 0.15) is 6.42 Å². The van der Waals surface area contributed by atoms with Crippen molar-refractivity contribution in [1.82, 2.24) is 19.8 Å². The van der Waals surface area contributed by atoms with Crippen LogP contribution in [0.3, 0.4) is 0 Å². The fourth-order valence-electron chi connectivity index (χ4n) is 2.26. The highest BCUT2D eigenvalue weighted by molar-refractivity contribution is 5.79. The molecule has 21 heavy (non-hydrogen) atoms. The number of rotatable bonds is 8. The van der Waals surface area contributed by atoms with Gasteiger partial charge >= 0.3 is 0 Å². The summed E-state index contributed by atoms with van der Waals surface area (Å²) in [6, 6.07) is 5.92. The van der Waals surface area contributed by atoms with Crippen molar-refractivity contribution in [2.75, 3.05) is 46.6 Å². The van der Waals surface area contributed by atoms with Crippen LogP contribution in [0.4, 0.5) is 5.95 Å². The van der Waals surface area contributed by atoms with Gasteiger partial charge in [-0.15, -0.1) is 0 Å². The Bertz CT molecular complexity index is 579. The van der Waals surface area contributed by atoms with Gasteiger partial charge in [-0.05, 0) is 46.2 Å². The molecule has 0 aliphatic carbocycles. The number of nitrogens with one attached hydrogen (secondary N) is 1. The van der Waals surface area contributed by atoms with Gasteiger partial charge < -0.3 is 25.3 Å². The quantitative estimate of drug-likeness (QED) is 0.715. The number of nitrogens with zero attached hydrogens (tertiary/aromatic N) is 3. The highest BCUT2D eigenvalue weighted by Gasteiger charge is 2.09. The van der Waals surface area contributed by atoms with Crippen molar-refractivity contribution >= 4 is 17.0 Å². The molecule has 2 aromatic rings. The van der Waals surface area contributed by atoms with Gasteiger partial charge in [0.1, 0.15) is 12.4 Å². The Hall–Kier alpha value is -1.79. The lowest BCUT2D eigenvalue weighted by Gasteiger charge is -2.11. The van der Waals surface area contributed by atoms with Crippen molar-refractivity contribution in [3.8, 4) is 5.75 Å². The minimum atomic E-state index is 0.566. The molecule has 0 radical (unpaired) electrons. The van der Waals surface area contributed by atoms with E-state index in [1.807, 2.05) is 25.2 Å². The third-order valence-corrected chi connectivity index (χ3v) is 3.36. The zero-order valence-corrected chi connectivity index (χ0v) is 13.1. The average Bonchev–Trinajstić information content (AvgIpc) is 2.75. The molecule has 1 aromatic heterocycles. The lowest BCUT2D eigenvalue weighted by Crippen LogP contribution is -2.16. The van der Waals surface area contributed by atoms with Crippen LogP contribution in [0.25, 0.3) is 11.0 Å². The minimum Gasteiger partial charge on any atom is -0.492 e. The van der Waals surface area contributed by atoms with Gasteiger partial charge in [0.2, 0.25) is 5.95 Å². The summed E-state index contributed by atoms with van der Waals surface area (Å²) in [6.45, 7) is 3.35. The van der Waals surface area contributed by atoms with E-state index in [0.717, 1.165) is 42.8 Å². The molecule has 0 bridgehead atoms. The van der Waals surface area contributed by atoms with E-state index < -0.39 is 0 Å². The van der Waals surface area contributed by atoms with Crippen LogP contribution in [0.2, 0.25) is 0 Å². The van der Waals surface area contributed by atoms with Crippen LogP contribution >= 0.6 is 0 Å². The molecule has 0 spiro atoms. The number of nitrogen functional groups attached to an aromatic ring is 1. The second-order valence-corrected chi connectivity index (χ2v) is 5.38. The molecule has 1 heterocycles. The number of imidazole rings is 1. The third-order valence-electron chi connectivity index (χ3n) is 3.36. The van der Waals surface area contributed by atoms with Crippen LogP contribution in [-0.4, -0.2) is 55.3 Å². The van der Waals surface area contributed by atoms with Crippen LogP contribution in [-0.2, 0) is 6.54 Å². The van der Waals surface area contributed by atoms with Gasteiger partial charge in [0.25, 0.3) is 0 Å². The number of benzene rings is 1. The summed E-state index contributed by atoms with van der Waals surface area (Å²) >= 11 is 0. The Balaban J connectivity index is 2.14. The van der Waals surface area contributed by atoms with Gasteiger partial charge in [-0.2, -0.15) is 0 Å². The number of hydrogen-bond acceptors (Lipinski definition) is 5. The first kappa shape index (κ1) is 15.6. The molecule has 1 aromatic carbocycles. The first-order chi connectivity index (χ1) is 10.1. The Kier molecular flexibility index (Phi) is 5.41. The summed E-state index contributed by atoms with van der Waals surface area (Å²) in [5, 5.41) is 3.06. The molecule has 116 valence electrons. The van der Waals surface area contributed by atoms with E-state index in [1.54, 1.807) is 0 Å². The van der Waals surface area contributed by atoms with E-state index in [1.165, 1.54) is 0 Å². The van der Waals surface area contributed by atoms with E-state index in [2.05, 4.69) is 33.9 Å². The normalized spacial score (nSPS) is 11.4. The van der Waals surface area contributed by atoms with Crippen molar-refractivity contribution in [1.29, 1.82) is 0 Å². The molecule has 6 nitrogen and oxygen atoms in total. The summed E-state index contributed by atoms with van der Waals surface area (Å²) in [5.74, 6) is 1.42. The van der Waals surface area contributed by atoms with Crippen molar-refractivity contribution in [3.63, 3.8) is 0 Å². The van der Waals surface area contributed by atoms with E-state index in [0.29, 0.717) is 12.6 Å². The first-order valence-corrected chi connectivity index (χ1v) is 7.29. The average molecular weight is 291 g/mol. The fourth-order valence-corrected chi connectivity index (χ4v) is 2.26. The SMILES string of the molecule is CNCCOc1ccc2nc(N)n(CCCN(C)C)c2c1. The number of fused-ring (bicyclic) bond motifs is 1. The largest absolute Gasteiger partial charge is 0.492 e. The zero-order valence-electron chi connectivity index (χ0n) is 13.1. The maximum absolute atomic E-state index is 6.03. The number of ether oxygens (including phenoxy) is 1. The highest BCUT2D eigenvalue weighted by Crippen LogP contribution is 2.23. The minimum absolute atomic E-state index is 0.566. The van der Waals surface area contributed by atoms with Gasteiger partial charge in [0, 0.05) is 19.2 Å². The molecule has 0 saturated heterocycles. The van der Waals surface area contributed by atoms with Crippen LogP contribution in [0.15, 0.2) is 18.2 Å². The van der Waals surface area contributed by atoms with Crippen molar-refractivity contribution in [2.24, 2.45) is 0 Å². The molecule has 2 rings (SSSR count). The maximum atomic E-state index is 6.03. The summed E-state index contributed by atoms with van der Waals surface area (Å²) in [5.41, 5.74) is 7.98. The second kappa shape index (κ2) is 7.28. The van der Waals surface area contributed by atoms with Gasteiger partial charge in [0.05, 0.1) is 11.0 Å². The maximum Gasteiger partial charge on any atom is 0.201 e. The van der Waals surface area contributed by atoms with Gasteiger partial charge in [-0.25, -0.2) is 4.98 Å². The van der Waals surface area contributed by atoms with Crippen molar-refractivity contribution in [3.05, 3.63) is 18.2 Å². The van der Waals surface area contributed by atoms with E-state index >= 15 is 0 Å². The summed E-state index contributed by atoms with van der Waals surface area (Å²) in [4.78, 5) is 6.58. The highest BCUT2D eigenvalue weighted by atomic mass is 16.5. The second-order valence-electron chi connectivity index (χ2n) is 5.38. The van der Waals surface area contributed by atoms with E-state index in [9.17, 15) is 0 Å². The van der Waals surface area contributed by atoms with Gasteiger partial charge in [0.15, 0.2) is 0 Å². The topological polar surface area (TPSA) is 68.3 Å². The van der Waals surface area contributed by atoms with Crippen LogP contribution in [0, 0.1) is 0 Å². The number of anilines is 1. The zero-order chi connectivity index (χ0) is 15.2. The Morgan fingerprint density at radius 2 is 2.19 bits per heavy atom. The number of nitrogens with two attached hydrogens (primary N) is 1. The molecule has 0 unspecified atom stereocenters. The molecule has 0 saturated carbocycles. The lowest BCUT2D eigenvalue weighted by atomic mass is 10.3. The molecular formula is C15H25N5O. The molecule has 6 heteroatoms. The Labute approximate surface area is 125 Å². The van der Waals surface area contributed by atoms with Crippen LogP contribution < -0.4 is 15.8 Å². The number of aryl methyl sites for hydroxylation is 1. The van der Waals surface area contributed by atoms with Crippen molar-refractivity contribution < 1.29 is 4.74 Å². The molecular weight excluding hydrogens is 266 g/mol.